The summed E-state index contributed by atoms with van der Waals surface area (Å²) in [5.74, 6) is 4.47. The topological polar surface area (TPSA) is 140 Å². The molecule has 0 unspecified atom stereocenters. The fraction of sp³-hybridized carbons (Fsp3) is 0.316. The highest BCUT2D eigenvalue weighted by atomic mass is 32.2. The van der Waals surface area contributed by atoms with Gasteiger partial charge >= 0.3 is 6.03 Å². The molecule has 150 valence electrons. The molecule has 0 spiro atoms. The zero-order valence-corrected chi connectivity index (χ0v) is 16.3. The number of imide groups is 1. The Balaban J connectivity index is 1.68. The summed E-state index contributed by atoms with van der Waals surface area (Å²) in [4.78, 5) is 23.2. The second-order valence-corrected chi connectivity index (χ2v) is 8.90. The van der Waals surface area contributed by atoms with Gasteiger partial charge in [-0.15, -0.1) is 0 Å². The minimum absolute atomic E-state index is 0.108. The highest BCUT2D eigenvalue weighted by molar-refractivity contribution is 7.89. The summed E-state index contributed by atoms with van der Waals surface area (Å²) in [5, 5.41) is 22.9. The van der Waals surface area contributed by atoms with Gasteiger partial charge in [0.1, 0.15) is 17.4 Å². The molecule has 10 heteroatoms. The van der Waals surface area contributed by atoms with E-state index in [1.807, 2.05) is 11.4 Å². The van der Waals surface area contributed by atoms with E-state index in [2.05, 4.69) is 17.2 Å². The number of carbonyl (C=O) groups excluding carboxylic acids is 2. The monoisotopic (exact) mass is 414 g/mol. The Bertz CT molecular complexity index is 1120. The van der Waals surface area contributed by atoms with Gasteiger partial charge in [0.25, 0.3) is 5.91 Å². The fourth-order valence-corrected chi connectivity index (χ4v) is 4.80. The van der Waals surface area contributed by atoms with Crippen molar-refractivity contribution in [3.05, 3.63) is 41.0 Å². The molecule has 1 aromatic carbocycles. The molecule has 1 fully saturated rings. The van der Waals surface area contributed by atoms with Gasteiger partial charge in [-0.05, 0) is 31.5 Å². The van der Waals surface area contributed by atoms with Gasteiger partial charge < -0.3 is 10.4 Å². The minimum atomic E-state index is -3.78. The van der Waals surface area contributed by atoms with E-state index < -0.39 is 33.3 Å². The maximum Gasteiger partial charge on any atom is 0.322 e. The number of carbonyl (C=O) groups is 2. The Labute approximate surface area is 168 Å². The molecule has 2 heterocycles. The van der Waals surface area contributed by atoms with Crippen LogP contribution in [0.2, 0.25) is 0 Å². The second kappa shape index (κ2) is 7.59. The molecular formula is C19H18N4O5S. The Morgan fingerprint density at radius 1 is 1.31 bits per heavy atom. The third-order valence-corrected chi connectivity index (χ3v) is 6.70. The minimum Gasteiger partial charge on any atom is -0.507 e. The Hall–Kier alpha value is -3.34. The van der Waals surface area contributed by atoms with Crippen molar-refractivity contribution < 1.29 is 23.1 Å². The van der Waals surface area contributed by atoms with Gasteiger partial charge in [0.15, 0.2) is 0 Å². The summed E-state index contributed by atoms with van der Waals surface area (Å²) in [5.41, 5.74) is -0.0574. The largest absolute Gasteiger partial charge is 0.507 e. The van der Waals surface area contributed by atoms with Crippen LogP contribution in [0.15, 0.2) is 29.8 Å². The second-order valence-electron chi connectivity index (χ2n) is 6.93. The summed E-state index contributed by atoms with van der Waals surface area (Å²) < 4.78 is 26.6. The lowest BCUT2D eigenvalue weighted by Crippen LogP contribution is -2.52. The van der Waals surface area contributed by atoms with E-state index in [0.29, 0.717) is 12.0 Å². The van der Waals surface area contributed by atoms with Crippen LogP contribution in [0.3, 0.4) is 0 Å². The molecule has 9 nitrogen and oxygen atoms in total. The van der Waals surface area contributed by atoms with Crippen molar-refractivity contribution in [3.63, 3.8) is 0 Å². The van der Waals surface area contributed by atoms with E-state index in [9.17, 15) is 23.1 Å². The first kappa shape index (κ1) is 20.4. The number of rotatable bonds is 3. The van der Waals surface area contributed by atoms with Gasteiger partial charge in [-0.1, -0.05) is 17.9 Å². The normalized spacial score (nSPS) is 22.0. The highest BCUT2D eigenvalue weighted by Crippen LogP contribution is 2.20. The van der Waals surface area contributed by atoms with Crippen molar-refractivity contribution in [2.45, 2.75) is 18.9 Å². The molecule has 1 saturated heterocycles. The van der Waals surface area contributed by atoms with Crippen LogP contribution in [0, 0.1) is 23.2 Å². The zero-order valence-electron chi connectivity index (χ0n) is 15.5. The maximum atomic E-state index is 12.7. The van der Waals surface area contributed by atoms with Gasteiger partial charge in [-0.2, -0.15) is 9.57 Å². The Morgan fingerprint density at radius 3 is 2.62 bits per heavy atom. The lowest BCUT2D eigenvalue weighted by Gasteiger charge is -2.28. The molecule has 0 radical (unpaired) electrons. The van der Waals surface area contributed by atoms with Crippen LogP contribution in [0.5, 0.6) is 5.75 Å². The van der Waals surface area contributed by atoms with Gasteiger partial charge in [-0.25, -0.2) is 13.2 Å². The van der Waals surface area contributed by atoms with E-state index in [1.165, 1.54) is 23.4 Å². The van der Waals surface area contributed by atoms with Crippen molar-refractivity contribution in [2.24, 2.45) is 0 Å². The molecule has 3 amide bonds. The van der Waals surface area contributed by atoms with Crippen LogP contribution in [0.4, 0.5) is 4.79 Å². The number of phenols is 1. The third kappa shape index (κ3) is 4.40. The fourth-order valence-electron chi connectivity index (χ4n) is 3.01. The van der Waals surface area contributed by atoms with Crippen LogP contribution in [-0.4, -0.2) is 54.1 Å². The standard InChI is InChI=1S/C19H18N4O5S/c1-19(17(25)21-18(26)22-19)12-29(27,28)23-8-6-13(7-9-23)2-3-14-4-5-15(11-20)16(24)10-14/h4-6,10,24H,7-9,12H2,1H3,(H2,21,22,25,26)/t19-/m1/s1. The molecular weight excluding hydrogens is 396 g/mol. The summed E-state index contributed by atoms with van der Waals surface area (Å²) in [6.45, 7) is 1.68. The van der Waals surface area contributed by atoms with Crippen molar-refractivity contribution in [2.75, 3.05) is 18.8 Å². The van der Waals surface area contributed by atoms with Gasteiger partial charge in [0, 0.05) is 24.2 Å². The summed E-state index contributed by atoms with van der Waals surface area (Å²) in [6, 6.07) is 5.64. The molecule has 0 aromatic heterocycles. The highest BCUT2D eigenvalue weighted by Gasteiger charge is 2.46. The van der Waals surface area contributed by atoms with Crippen molar-refractivity contribution in [1.82, 2.24) is 14.9 Å². The number of amides is 3. The maximum absolute atomic E-state index is 12.7. The zero-order chi connectivity index (χ0) is 21.2. The number of sulfonamides is 1. The molecule has 3 rings (SSSR count). The number of nitrogens with one attached hydrogen (secondary N) is 2. The predicted molar refractivity (Wildman–Crippen MR) is 103 cm³/mol. The lowest BCUT2D eigenvalue weighted by molar-refractivity contribution is -0.122. The van der Waals surface area contributed by atoms with Gasteiger partial charge in [-0.3, -0.25) is 10.1 Å². The smallest absolute Gasteiger partial charge is 0.322 e. The Kier molecular flexibility index (Phi) is 5.33. The van der Waals surface area contributed by atoms with Crippen LogP contribution < -0.4 is 10.6 Å². The van der Waals surface area contributed by atoms with E-state index in [-0.39, 0.29) is 24.4 Å². The number of phenolic OH excluding ortho intramolecular Hbond substituents is 1. The van der Waals surface area contributed by atoms with Crippen molar-refractivity contribution in [3.8, 4) is 23.7 Å². The predicted octanol–water partition coefficient (Wildman–Crippen LogP) is 0.175. The number of hydrogen-bond acceptors (Lipinski definition) is 6. The van der Waals surface area contributed by atoms with Crippen LogP contribution in [0.1, 0.15) is 24.5 Å². The molecule has 2 aliphatic rings. The van der Waals surface area contributed by atoms with E-state index in [1.54, 1.807) is 12.1 Å². The average molecular weight is 414 g/mol. The summed E-state index contributed by atoms with van der Waals surface area (Å²) >= 11 is 0. The van der Waals surface area contributed by atoms with Crippen LogP contribution >= 0.6 is 0 Å². The summed E-state index contributed by atoms with van der Waals surface area (Å²) in [7, 11) is -3.78. The summed E-state index contributed by atoms with van der Waals surface area (Å²) in [6.07, 6.45) is 2.08. The van der Waals surface area contributed by atoms with Crippen LogP contribution in [0.25, 0.3) is 0 Å². The third-order valence-electron chi connectivity index (χ3n) is 4.64. The van der Waals surface area contributed by atoms with Crippen molar-refractivity contribution >= 4 is 22.0 Å². The number of aromatic hydroxyl groups is 1. The van der Waals surface area contributed by atoms with Gasteiger partial charge in [0.05, 0.1) is 11.3 Å². The first-order chi connectivity index (χ1) is 13.6. The molecule has 0 saturated carbocycles. The van der Waals surface area contributed by atoms with E-state index in [0.717, 1.165) is 5.57 Å². The lowest BCUT2D eigenvalue weighted by atomic mass is 10.1. The first-order valence-electron chi connectivity index (χ1n) is 8.68. The molecule has 3 N–H and O–H groups in total. The number of benzene rings is 1. The van der Waals surface area contributed by atoms with Crippen molar-refractivity contribution in [1.29, 1.82) is 5.26 Å². The van der Waals surface area contributed by atoms with Crippen LogP contribution in [-0.2, 0) is 14.8 Å². The average Bonchev–Trinajstić information content (AvgIpc) is 2.91. The van der Waals surface area contributed by atoms with Gasteiger partial charge in [0.2, 0.25) is 10.0 Å². The molecule has 29 heavy (non-hydrogen) atoms. The van der Waals surface area contributed by atoms with E-state index >= 15 is 0 Å². The first-order valence-corrected chi connectivity index (χ1v) is 10.3. The number of urea groups is 1. The number of nitrogens with zero attached hydrogens (tertiary/aromatic N) is 2. The molecule has 0 bridgehead atoms. The van der Waals surface area contributed by atoms with E-state index in [4.69, 9.17) is 5.26 Å². The number of hydrogen-bond donors (Lipinski definition) is 3. The molecule has 0 aliphatic carbocycles. The quantitative estimate of drug-likeness (QED) is 0.476. The molecule has 1 atom stereocenters. The SMILES string of the molecule is C[C@]1(CS(=O)(=O)N2CC=C(C#Cc3ccc(C#N)c(O)c3)CC2)NC(=O)NC1=O. The molecule has 1 aromatic rings. The number of nitriles is 1. The molecule has 2 aliphatic heterocycles. The Morgan fingerprint density at radius 2 is 2.07 bits per heavy atom.